The second-order valence-corrected chi connectivity index (χ2v) is 4.29. The Balaban J connectivity index is 2.83. The van der Waals surface area contributed by atoms with Crippen molar-refractivity contribution in [3.05, 3.63) is 29.0 Å². The Labute approximate surface area is 95.6 Å². The van der Waals surface area contributed by atoms with Gasteiger partial charge in [0.25, 0.3) is 0 Å². The van der Waals surface area contributed by atoms with E-state index in [4.69, 9.17) is 10.5 Å². The molecule has 0 radical (unpaired) electrons. The van der Waals surface area contributed by atoms with Crippen LogP contribution in [0, 0.1) is 13.8 Å². The van der Waals surface area contributed by atoms with Gasteiger partial charge in [-0.1, -0.05) is 6.07 Å². The van der Waals surface area contributed by atoms with E-state index in [0.29, 0.717) is 0 Å². The summed E-state index contributed by atoms with van der Waals surface area (Å²) in [6, 6.07) is 4.07. The maximum Gasteiger partial charge on any atom is 0.142 e. The maximum absolute atomic E-state index is 5.95. The Morgan fingerprint density at radius 1 is 1.31 bits per heavy atom. The minimum atomic E-state index is 0.0107. The molecule has 0 bridgehead atoms. The average molecular weight is 218 g/mol. The van der Waals surface area contributed by atoms with Gasteiger partial charge in [-0.15, -0.1) is 0 Å². The predicted molar refractivity (Wildman–Crippen MR) is 66.9 cm³/mol. The van der Waals surface area contributed by atoms with Crippen LogP contribution in [0.15, 0.2) is 12.1 Å². The van der Waals surface area contributed by atoms with Gasteiger partial charge in [0.2, 0.25) is 0 Å². The number of benzene rings is 1. The van der Waals surface area contributed by atoms with Crippen molar-refractivity contribution in [2.24, 2.45) is 5.73 Å². The van der Waals surface area contributed by atoms with E-state index in [2.05, 4.69) is 24.9 Å². The van der Waals surface area contributed by atoms with Crippen molar-refractivity contribution in [1.29, 1.82) is 0 Å². The van der Waals surface area contributed by atoms with Crippen molar-refractivity contribution < 1.29 is 4.74 Å². The molecule has 3 nitrogen and oxygen atoms in total. The third kappa shape index (κ3) is 1.48. The van der Waals surface area contributed by atoms with Crippen LogP contribution in [-0.2, 0) is 0 Å². The van der Waals surface area contributed by atoms with E-state index in [-0.39, 0.29) is 6.04 Å². The number of methoxy groups -OCH3 is 1. The zero-order valence-electron chi connectivity index (χ0n) is 10.2. The summed E-state index contributed by atoms with van der Waals surface area (Å²) in [5, 5.41) is 1.23. The highest BCUT2D eigenvalue weighted by molar-refractivity contribution is 5.92. The number of hydrogen-bond acceptors (Lipinski definition) is 2. The summed E-state index contributed by atoms with van der Waals surface area (Å²) in [5.41, 5.74) is 10.6. The number of ether oxygens (including phenoxy) is 1. The third-order valence-corrected chi connectivity index (χ3v) is 3.09. The van der Waals surface area contributed by atoms with Gasteiger partial charge in [0.1, 0.15) is 5.75 Å². The number of nitrogens with one attached hydrogen (secondary N) is 1. The van der Waals surface area contributed by atoms with Crippen LogP contribution in [0.4, 0.5) is 0 Å². The molecule has 0 saturated heterocycles. The molecule has 86 valence electrons. The Hall–Kier alpha value is -1.48. The first kappa shape index (κ1) is 11.0. The minimum absolute atomic E-state index is 0.0107. The summed E-state index contributed by atoms with van der Waals surface area (Å²) < 4.78 is 5.36. The van der Waals surface area contributed by atoms with E-state index in [9.17, 15) is 0 Å². The highest BCUT2D eigenvalue weighted by atomic mass is 16.5. The SMILES string of the molecule is COc1ccc(C)c2c(C)c(C(C)N)[nH]c12. The summed E-state index contributed by atoms with van der Waals surface area (Å²) >= 11 is 0. The molecule has 1 unspecified atom stereocenters. The van der Waals surface area contributed by atoms with Gasteiger partial charge in [0.15, 0.2) is 0 Å². The van der Waals surface area contributed by atoms with Crippen LogP contribution in [0.5, 0.6) is 5.75 Å². The molecule has 0 fully saturated rings. The molecule has 0 aliphatic heterocycles. The van der Waals surface area contributed by atoms with Gasteiger partial charge >= 0.3 is 0 Å². The molecule has 2 aromatic rings. The quantitative estimate of drug-likeness (QED) is 0.814. The van der Waals surface area contributed by atoms with Gasteiger partial charge in [-0.2, -0.15) is 0 Å². The Morgan fingerprint density at radius 3 is 2.56 bits per heavy atom. The highest BCUT2D eigenvalue weighted by Crippen LogP contribution is 2.33. The molecule has 1 heterocycles. The second kappa shape index (κ2) is 3.83. The molecule has 16 heavy (non-hydrogen) atoms. The van der Waals surface area contributed by atoms with Crippen LogP contribution in [0.3, 0.4) is 0 Å². The lowest BCUT2D eigenvalue weighted by atomic mass is 10.0. The van der Waals surface area contributed by atoms with Crippen LogP contribution in [0.1, 0.15) is 29.8 Å². The summed E-state index contributed by atoms with van der Waals surface area (Å²) in [7, 11) is 1.69. The fourth-order valence-corrected chi connectivity index (χ4v) is 2.28. The zero-order valence-corrected chi connectivity index (χ0v) is 10.2. The van der Waals surface area contributed by atoms with E-state index in [1.165, 1.54) is 16.5 Å². The summed E-state index contributed by atoms with van der Waals surface area (Å²) in [5.74, 6) is 0.871. The van der Waals surface area contributed by atoms with Crippen molar-refractivity contribution in [1.82, 2.24) is 4.98 Å². The largest absolute Gasteiger partial charge is 0.495 e. The standard InChI is InChI=1S/C13H18N2O/c1-7-5-6-10(16-4)13-11(7)8(2)12(15-13)9(3)14/h5-6,9,15H,14H2,1-4H3. The first-order valence-corrected chi connectivity index (χ1v) is 5.47. The van der Waals surface area contributed by atoms with E-state index in [0.717, 1.165) is 17.0 Å². The molecule has 0 aliphatic carbocycles. The Morgan fingerprint density at radius 2 is 2.00 bits per heavy atom. The fraction of sp³-hybridized carbons (Fsp3) is 0.385. The van der Waals surface area contributed by atoms with Crippen molar-refractivity contribution in [3.63, 3.8) is 0 Å². The number of nitrogens with two attached hydrogens (primary N) is 1. The molecule has 0 saturated carbocycles. The van der Waals surface area contributed by atoms with Crippen molar-refractivity contribution in [3.8, 4) is 5.75 Å². The first-order valence-electron chi connectivity index (χ1n) is 5.47. The van der Waals surface area contributed by atoms with E-state index in [1.807, 2.05) is 13.0 Å². The molecule has 1 atom stereocenters. The van der Waals surface area contributed by atoms with Gasteiger partial charge in [-0.3, -0.25) is 0 Å². The monoisotopic (exact) mass is 218 g/mol. The van der Waals surface area contributed by atoms with Gasteiger partial charge in [0.05, 0.1) is 12.6 Å². The molecule has 3 heteroatoms. The molecule has 2 rings (SSSR count). The first-order chi connectivity index (χ1) is 7.56. The van der Waals surface area contributed by atoms with Crippen molar-refractivity contribution in [2.45, 2.75) is 26.8 Å². The van der Waals surface area contributed by atoms with Gasteiger partial charge in [-0.05, 0) is 38.0 Å². The summed E-state index contributed by atoms with van der Waals surface area (Å²) in [6.07, 6.45) is 0. The predicted octanol–water partition coefficient (Wildman–Crippen LogP) is 2.81. The fourth-order valence-electron chi connectivity index (χ4n) is 2.28. The molecular formula is C13H18N2O. The summed E-state index contributed by atoms with van der Waals surface area (Å²) in [4.78, 5) is 3.37. The van der Waals surface area contributed by atoms with Gasteiger partial charge < -0.3 is 15.5 Å². The number of rotatable bonds is 2. The van der Waals surface area contributed by atoms with Crippen LogP contribution < -0.4 is 10.5 Å². The molecule has 0 aliphatic rings. The van der Waals surface area contributed by atoms with E-state index in [1.54, 1.807) is 7.11 Å². The maximum atomic E-state index is 5.95. The topological polar surface area (TPSA) is 51.0 Å². The van der Waals surface area contributed by atoms with Gasteiger partial charge in [-0.25, -0.2) is 0 Å². The molecular weight excluding hydrogens is 200 g/mol. The molecule has 1 aromatic carbocycles. The number of aryl methyl sites for hydroxylation is 2. The normalized spacial score (nSPS) is 13.1. The molecule has 3 N–H and O–H groups in total. The zero-order chi connectivity index (χ0) is 11.9. The molecule has 0 spiro atoms. The van der Waals surface area contributed by atoms with E-state index < -0.39 is 0 Å². The number of hydrogen-bond donors (Lipinski definition) is 2. The van der Waals surface area contributed by atoms with Crippen LogP contribution in [0.25, 0.3) is 10.9 Å². The van der Waals surface area contributed by atoms with Crippen LogP contribution in [-0.4, -0.2) is 12.1 Å². The number of H-pyrrole nitrogens is 1. The number of aromatic amines is 1. The lowest BCUT2D eigenvalue weighted by Gasteiger charge is -2.04. The lowest BCUT2D eigenvalue weighted by molar-refractivity contribution is 0.419. The number of fused-ring (bicyclic) bond motifs is 1. The number of aromatic nitrogens is 1. The van der Waals surface area contributed by atoms with Crippen LogP contribution >= 0.6 is 0 Å². The molecule has 0 amide bonds. The van der Waals surface area contributed by atoms with Crippen LogP contribution in [0.2, 0.25) is 0 Å². The Bertz CT molecular complexity index is 526. The van der Waals surface area contributed by atoms with Crippen molar-refractivity contribution >= 4 is 10.9 Å². The van der Waals surface area contributed by atoms with E-state index >= 15 is 0 Å². The highest BCUT2D eigenvalue weighted by Gasteiger charge is 2.15. The second-order valence-electron chi connectivity index (χ2n) is 4.29. The van der Waals surface area contributed by atoms with Gasteiger partial charge in [0, 0.05) is 17.1 Å². The third-order valence-electron chi connectivity index (χ3n) is 3.09. The lowest BCUT2D eigenvalue weighted by Crippen LogP contribution is -2.06. The molecule has 1 aromatic heterocycles. The smallest absolute Gasteiger partial charge is 0.142 e. The Kier molecular flexibility index (Phi) is 2.64. The average Bonchev–Trinajstić information content (AvgIpc) is 2.58. The minimum Gasteiger partial charge on any atom is -0.495 e. The summed E-state index contributed by atoms with van der Waals surface area (Å²) in [6.45, 7) is 6.19. The van der Waals surface area contributed by atoms with Crippen molar-refractivity contribution in [2.75, 3.05) is 7.11 Å².